The van der Waals surface area contributed by atoms with Crippen molar-refractivity contribution < 1.29 is 9.47 Å². The zero-order valence-corrected chi connectivity index (χ0v) is 16.2. The Morgan fingerprint density at radius 3 is 1.31 bits per heavy atom. The summed E-state index contributed by atoms with van der Waals surface area (Å²) in [5.74, 6) is 0. The van der Waals surface area contributed by atoms with Crippen molar-refractivity contribution in [3.63, 3.8) is 0 Å². The van der Waals surface area contributed by atoms with Gasteiger partial charge in [-0.2, -0.15) is 0 Å². The molecule has 0 aromatic carbocycles. The molecule has 0 heterocycles. The Labute approximate surface area is 132 Å². The summed E-state index contributed by atoms with van der Waals surface area (Å²) in [5.41, 5.74) is 0. The second kappa shape index (κ2) is 36.4. The average Bonchev–Trinajstić information content (AvgIpc) is 1.91. The number of hydrogen-bond acceptors (Lipinski definition) is 0. The van der Waals surface area contributed by atoms with Crippen LogP contribution in [0, 0.1) is 7.43 Å². The Hall–Kier alpha value is 2.77. The average molecular weight is 564 g/mol. The van der Waals surface area contributed by atoms with Gasteiger partial charge in [0.15, 0.2) is 0 Å². The van der Waals surface area contributed by atoms with Gasteiger partial charge < -0.3 is 7.43 Å². The fourth-order valence-corrected chi connectivity index (χ4v) is 0.677. The Morgan fingerprint density at radius 2 is 1.15 bits per heavy atom. The van der Waals surface area contributed by atoms with Crippen LogP contribution in [-0.4, -0.2) is 0 Å². The Balaban J connectivity index is -0.0000000320. The van der Waals surface area contributed by atoms with Gasteiger partial charge in [0.05, 0.1) is 0 Å². The van der Waals surface area contributed by atoms with Gasteiger partial charge in [0.2, 0.25) is 0 Å². The maximum atomic E-state index is 2.37. The molecule has 0 aliphatic heterocycles. The van der Waals surface area contributed by atoms with Crippen LogP contribution in [0.25, 0.3) is 0 Å². The molecule has 0 saturated carbocycles. The van der Waals surface area contributed by atoms with Gasteiger partial charge in [-0.3, -0.25) is 0 Å². The molecule has 0 rings (SSSR count). The molecule has 13 heavy (non-hydrogen) atoms. The number of unbranched alkanes of at least 4 members (excludes halogenated alkanes) is 4. The predicted octanol–water partition coefficient (Wildman–Crippen LogP) is 6.45. The van der Waals surface area contributed by atoms with E-state index in [9.17, 15) is 0 Å². The van der Waals surface area contributed by atoms with Gasteiger partial charge in [-0.25, -0.2) is 0 Å². The molecule has 0 atom stereocenters. The van der Waals surface area contributed by atoms with Gasteiger partial charge >= 0.3 is 49.4 Å². The first kappa shape index (κ1) is 29.7. The summed E-state index contributed by atoms with van der Waals surface area (Å²) in [6.45, 7) is 4.49. The molecule has 0 fully saturated rings. The first-order chi connectivity index (χ1) is 4.83. The van der Waals surface area contributed by atoms with E-state index in [1.165, 1.54) is 32.1 Å². The van der Waals surface area contributed by atoms with E-state index >= 15 is 0 Å². The molecule has 0 aromatic heterocycles. The summed E-state index contributed by atoms with van der Waals surface area (Å²) >= 11 is 4.74. The second-order valence-corrected chi connectivity index (χ2v) is 13.9. The van der Waals surface area contributed by atoms with Crippen molar-refractivity contribution in [3.8, 4) is 0 Å². The summed E-state index contributed by atoms with van der Waals surface area (Å²) < 4.78 is 0. The molecule has 0 aliphatic carbocycles. The summed E-state index contributed by atoms with van der Waals surface area (Å²) in [6.07, 6.45) is 7.01. The minimum absolute atomic E-state index is 0. The Bertz CT molecular complexity index is 41.8. The molecular formula is C9H24I3V-. The zero-order chi connectivity index (χ0) is 8.24. The third-order valence-electron chi connectivity index (χ3n) is 1.21. The van der Waals surface area contributed by atoms with Crippen LogP contribution in [0.2, 0.25) is 0 Å². The van der Waals surface area contributed by atoms with Crippen molar-refractivity contribution in [2.24, 2.45) is 0 Å². The predicted molar refractivity (Wildman–Crippen MR) is 91.0 cm³/mol. The SMILES string of the molecule is C.CCCCCCC.I.[CH3-].[I][V][I]. The van der Waals surface area contributed by atoms with E-state index in [4.69, 9.17) is 0 Å². The van der Waals surface area contributed by atoms with Crippen LogP contribution in [0.1, 0.15) is 53.4 Å². The molecule has 0 unspecified atom stereocenters. The standard InChI is InChI=1S/C7H16.CH4.CH3.3HI.V/c1-3-5-7-6-4-2;;;;;;/h3-7H2,1-2H3;1H4;1H3;3*1H;/q;;-1;;;;+2/p-2. The van der Waals surface area contributed by atoms with E-state index in [2.05, 4.69) is 53.8 Å². The summed E-state index contributed by atoms with van der Waals surface area (Å²) in [6, 6.07) is 0. The molecule has 87 valence electrons. The van der Waals surface area contributed by atoms with E-state index in [1.807, 2.05) is 0 Å². The fraction of sp³-hybridized carbons (Fsp3) is 0.889. The molecule has 0 aliphatic rings. The molecular weight excluding hydrogens is 540 g/mol. The third kappa shape index (κ3) is 52.5. The number of hydrogen-bond donors (Lipinski definition) is 0. The van der Waals surface area contributed by atoms with E-state index < -0.39 is 0 Å². The van der Waals surface area contributed by atoms with Crippen LogP contribution in [0.4, 0.5) is 0 Å². The first-order valence-electron chi connectivity index (χ1n) is 3.75. The Morgan fingerprint density at radius 1 is 0.923 bits per heavy atom. The van der Waals surface area contributed by atoms with Crippen molar-refractivity contribution >= 4 is 63.9 Å². The maximum absolute atomic E-state index is 2.37. The van der Waals surface area contributed by atoms with Crippen LogP contribution in [0.15, 0.2) is 0 Å². The van der Waals surface area contributed by atoms with Crippen molar-refractivity contribution in [1.82, 2.24) is 0 Å². The van der Waals surface area contributed by atoms with Crippen LogP contribution in [-0.2, 0) is 9.47 Å². The summed E-state index contributed by atoms with van der Waals surface area (Å²) in [7, 11) is 0.628. The molecule has 0 aromatic rings. The van der Waals surface area contributed by atoms with Gasteiger partial charge in [0, 0.05) is 0 Å². The Kier molecular flexibility index (Phi) is 83.1. The van der Waals surface area contributed by atoms with Crippen molar-refractivity contribution in [2.75, 3.05) is 0 Å². The molecule has 0 spiro atoms. The quantitative estimate of drug-likeness (QED) is 0.210. The number of rotatable bonds is 4. The minimum atomic E-state index is 0. The zero-order valence-electron chi connectivity index (χ0n) is 8.15. The topological polar surface area (TPSA) is 0 Å². The fourth-order valence-electron chi connectivity index (χ4n) is 0.677. The van der Waals surface area contributed by atoms with Crippen LogP contribution >= 0.6 is 63.9 Å². The molecule has 0 amide bonds. The van der Waals surface area contributed by atoms with E-state index in [0.717, 1.165) is 0 Å². The van der Waals surface area contributed by atoms with Gasteiger partial charge in [-0.05, 0) is 0 Å². The second-order valence-electron chi connectivity index (χ2n) is 2.12. The molecule has 0 nitrogen and oxygen atoms in total. The normalized spacial score (nSPS) is 6.15. The van der Waals surface area contributed by atoms with Gasteiger partial charge in [0.1, 0.15) is 0 Å². The summed E-state index contributed by atoms with van der Waals surface area (Å²) in [4.78, 5) is 0. The van der Waals surface area contributed by atoms with Crippen molar-refractivity contribution in [3.05, 3.63) is 7.43 Å². The molecule has 0 N–H and O–H groups in total. The van der Waals surface area contributed by atoms with Crippen LogP contribution in [0.5, 0.6) is 0 Å². The van der Waals surface area contributed by atoms with Crippen LogP contribution in [0.3, 0.4) is 0 Å². The van der Waals surface area contributed by atoms with Gasteiger partial charge in [0.25, 0.3) is 0 Å². The van der Waals surface area contributed by atoms with E-state index in [0.29, 0.717) is 9.47 Å². The monoisotopic (exact) mass is 564 g/mol. The molecule has 0 radical (unpaired) electrons. The summed E-state index contributed by atoms with van der Waals surface area (Å²) in [5, 5.41) is 0. The molecule has 0 saturated heterocycles. The third-order valence-corrected chi connectivity index (χ3v) is 1.21. The first-order valence-corrected chi connectivity index (χ1v) is 12.8. The van der Waals surface area contributed by atoms with Crippen molar-refractivity contribution in [2.45, 2.75) is 53.4 Å². The molecule has 0 bridgehead atoms. The van der Waals surface area contributed by atoms with E-state index in [1.54, 1.807) is 0 Å². The van der Waals surface area contributed by atoms with Gasteiger partial charge in [-0.1, -0.05) is 53.4 Å². The van der Waals surface area contributed by atoms with Gasteiger partial charge in [-0.15, -0.1) is 24.0 Å². The molecule has 4 heteroatoms. The van der Waals surface area contributed by atoms with Crippen LogP contribution < -0.4 is 0 Å². The van der Waals surface area contributed by atoms with E-state index in [-0.39, 0.29) is 38.8 Å². The number of halogens is 3. The van der Waals surface area contributed by atoms with Crippen molar-refractivity contribution in [1.29, 1.82) is 0 Å².